The summed E-state index contributed by atoms with van der Waals surface area (Å²) in [6.07, 6.45) is 0.768. The number of rotatable bonds is 1. The molecule has 0 bridgehead atoms. The molecule has 0 heterocycles. The van der Waals surface area contributed by atoms with Crippen LogP contribution in [0.1, 0.15) is 11.1 Å². The zero-order chi connectivity index (χ0) is 15.3. The Hall–Kier alpha value is -2.55. The van der Waals surface area contributed by atoms with Gasteiger partial charge in [-0.05, 0) is 46.4 Å². The first kappa shape index (κ1) is 13.1. The summed E-state index contributed by atoms with van der Waals surface area (Å²) in [6.45, 7) is 0. The van der Waals surface area contributed by atoms with Crippen LogP contribution in [0.2, 0.25) is 0 Å². The smallest absolute Gasteiger partial charge is 0.195 e. The molecule has 0 fully saturated rings. The van der Waals surface area contributed by atoms with E-state index in [1.54, 1.807) is 6.07 Å². The maximum atomic E-state index is 13.9. The van der Waals surface area contributed by atoms with Crippen LogP contribution >= 0.6 is 0 Å². The van der Waals surface area contributed by atoms with Gasteiger partial charge < -0.3 is 0 Å². The maximum Gasteiger partial charge on any atom is 0.195 e. The summed E-state index contributed by atoms with van der Waals surface area (Å²) < 4.78 is 40.4. The van der Waals surface area contributed by atoms with Gasteiger partial charge in [-0.3, -0.25) is 0 Å². The molecule has 0 atom stereocenters. The van der Waals surface area contributed by atoms with Gasteiger partial charge in [0.15, 0.2) is 17.5 Å². The Balaban J connectivity index is 1.84. The fourth-order valence-electron chi connectivity index (χ4n) is 3.06. The Morgan fingerprint density at radius 2 is 1.36 bits per heavy atom. The highest BCUT2D eigenvalue weighted by molar-refractivity contribution is 5.80. The summed E-state index contributed by atoms with van der Waals surface area (Å²) in [5.74, 6) is -3.74. The van der Waals surface area contributed by atoms with Gasteiger partial charge in [-0.15, -0.1) is 0 Å². The molecule has 22 heavy (non-hydrogen) atoms. The van der Waals surface area contributed by atoms with Crippen molar-refractivity contribution in [2.45, 2.75) is 6.42 Å². The van der Waals surface area contributed by atoms with Gasteiger partial charge in [0.05, 0.1) is 0 Å². The number of fused-ring (bicyclic) bond motifs is 3. The van der Waals surface area contributed by atoms with Gasteiger partial charge in [-0.1, -0.05) is 42.5 Å². The number of hydrogen-bond donors (Lipinski definition) is 0. The van der Waals surface area contributed by atoms with E-state index in [4.69, 9.17) is 0 Å². The van der Waals surface area contributed by atoms with Gasteiger partial charge in [0.1, 0.15) is 0 Å². The van der Waals surface area contributed by atoms with Crippen LogP contribution in [0.3, 0.4) is 0 Å². The molecular weight excluding hydrogens is 285 g/mol. The Morgan fingerprint density at radius 3 is 2.23 bits per heavy atom. The van der Waals surface area contributed by atoms with Gasteiger partial charge in [-0.2, -0.15) is 0 Å². The molecule has 0 N–H and O–H groups in total. The first-order valence-electron chi connectivity index (χ1n) is 7.00. The second-order valence-electron chi connectivity index (χ2n) is 5.43. The van der Waals surface area contributed by atoms with Gasteiger partial charge in [0.2, 0.25) is 0 Å². The van der Waals surface area contributed by atoms with E-state index in [0.717, 1.165) is 23.6 Å². The van der Waals surface area contributed by atoms with E-state index in [-0.39, 0.29) is 5.56 Å². The molecule has 0 saturated carbocycles. The molecule has 0 aromatic heterocycles. The number of halogens is 3. The SMILES string of the molecule is Fc1ccc(-c2ccc3c(c2)Cc2ccccc2-3)c(F)c1F. The molecule has 0 aliphatic heterocycles. The molecule has 0 amide bonds. The van der Waals surface area contributed by atoms with E-state index < -0.39 is 17.5 Å². The van der Waals surface area contributed by atoms with Gasteiger partial charge >= 0.3 is 0 Å². The largest absolute Gasteiger partial charge is 0.204 e. The van der Waals surface area contributed by atoms with Crippen molar-refractivity contribution in [1.82, 2.24) is 0 Å². The summed E-state index contributed by atoms with van der Waals surface area (Å²) in [4.78, 5) is 0. The van der Waals surface area contributed by atoms with Crippen LogP contribution < -0.4 is 0 Å². The average Bonchev–Trinajstić information content (AvgIpc) is 2.90. The topological polar surface area (TPSA) is 0 Å². The monoisotopic (exact) mass is 296 g/mol. The Morgan fingerprint density at radius 1 is 0.636 bits per heavy atom. The summed E-state index contributed by atoms with van der Waals surface area (Å²) in [5.41, 5.74) is 5.22. The van der Waals surface area contributed by atoms with Crippen LogP contribution in [0.15, 0.2) is 54.6 Å². The lowest BCUT2D eigenvalue weighted by molar-refractivity contribution is 0.449. The molecule has 3 aromatic rings. The van der Waals surface area contributed by atoms with Crippen molar-refractivity contribution < 1.29 is 13.2 Å². The minimum atomic E-state index is -1.43. The minimum absolute atomic E-state index is 0.0812. The molecule has 0 nitrogen and oxygen atoms in total. The van der Waals surface area contributed by atoms with Crippen molar-refractivity contribution in [3.63, 3.8) is 0 Å². The maximum absolute atomic E-state index is 13.9. The number of hydrogen-bond acceptors (Lipinski definition) is 0. The third kappa shape index (κ3) is 1.86. The Labute approximate surface area is 125 Å². The molecule has 3 heteroatoms. The summed E-state index contributed by atoms with van der Waals surface area (Å²) in [7, 11) is 0. The van der Waals surface area contributed by atoms with Crippen molar-refractivity contribution in [1.29, 1.82) is 0 Å². The highest BCUT2D eigenvalue weighted by Crippen LogP contribution is 2.39. The molecule has 0 radical (unpaired) electrons. The highest BCUT2D eigenvalue weighted by Gasteiger charge is 2.20. The third-order valence-electron chi connectivity index (χ3n) is 4.14. The average molecular weight is 296 g/mol. The fraction of sp³-hybridized carbons (Fsp3) is 0.0526. The molecule has 0 unspecified atom stereocenters. The molecule has 108 valence electrons. The molecule has 4 rings (SSSR count). The van der Waals surface area contributed by atoms with Crippen LogP contribution in [0.4, 0.5) is 13.2 Å². The second-order valence-corrected chi connectivity index (χ2v) is 5.43. The Bertz CT molecular complexity index is 897. The van der Waals surface area contributed by atoms with E-state index in [2.05, 4.69) is 12.1 Å². The van der Waals surface area contributed by atoms with Crippen LogP contribution in [-0.2, 0) is 6.42 Å². The van der Waals surface area contributed by atoms with E-state index in [1.165, 1.54) is 17.2 Å². The Kier molecular flexibility index (Phi) is 2.83. The minimum Gasteiger partial charge on any atom is -0.204 e. The van der Waals surface area contributed by atoms with Gasteiger partial charge in [-0.25, -0.2) is 13.2 Å². The van der Waals surface area contributed by atoms with Crippen molar-refractivity contribution in [2.24, 2.45) is 0 Å². The zero-order valence-electron chi connectivity index (χ0n) is 11.5. The molecular formula is C19H11F3. The highest BCUT2D eigenvalue weighted by atomic mass is 19.2. The van der Waals surface area contributed by atoms with E-state index in [9.17, 15) is 13.2 Å². The van der Waals surface area contributed by atoms with Crippen LogP contribution in [-0.4, -0.2) is 0 Å². The van der Waals surface area contributed by atoms with E-state index >= 15 is 0 Å². The first-order chi connectivity index (χ1) is 10.6. The second kappa shape index (κ2) is 4.73. The lowest BCUT2D eigenvalue weighted by Gasteiger charge is -2.08. The molecule has 3 aromatic carbocycles. The predicted molar refractivity (Wildman–Crippen MR) is 80.0 cm³/mol. The molecule has 0 saturated heterocycles. The number of benzene rings is 3. The predicted octanol–water partition coefficient (Wildman–Crippen LogP) is 5.34. The van der Waals surface area contributed by atoms with Crippen molar-refractivity contribution in [3.8, 4) is 22.3 Å². The van der Waals surface area contributed by atoms with Crippen molar-refractivity contribution in [2.75, 3.05) is 0 Å². The van der Waals surface area contributed by atoms with Crippen LogP contribution in [0.5, 0.6) is 0 Å². The van der Waals surface area contributed by atoms with Crippen molar-refractivity contribution >= 4 is 0 Å². The van der Waals surface area contributed by atoms with E-state index in [0.29, 0.717) is 5.56 Å². The molecule has 1 aliphatic carbocycles. The third-order valence-corrected chi connectivity index (χ3v) is 4.14. The van der Waals surface area contributed by atoms with Crippen LogP contribution in [0, 0.1) is 17.5 Å². The molecule has 0 spiro atoms. The fourth-order valence-corrected chi connectivity index (χ4v) is 3.06. The van der Waals surface area contributed by atoms with Crippen LogP contribution in [0.25, 0.3) is 22.3 Å². The first-order valence-corrected chi connectivity index (χ1v) is 7.00. The van der Waals surface area contributed by atoms with Gasteiger partial charge in [0.25, 0.3) is 0 Å². The zero-order valence-corrected chi connectivity index (χ0v) is 11.5. The van der Waals surface area contributed by atoms with Gasteiger partial charge in [0, 0.05) is 5.56 Å². The normalized spacial score (nSPS) is 12.1. The lowest BCUT2D eigenvalue weighted by atomic mass is 9.98. The summed E-state index contributed by atoms with van der Waals surface area (Å²) >= 11 is 0. The quantitative estimate of drug-likeness (QED) is 0.416. The summed E-state index contributed by atoms with van der Waals surface area (Å²) in [5, 5.41) is 0. The van der Waals surface area contributed by atoms with Crippen molar-refractivity contribution in [3.05, 3.63) is 83.2 Å². The van der Waals surface area contributed by atoms with E-state index in [1.807, 2.05) is 24.3 Å². The molecule has 1 aliphatic rings. The standard InChI is InChI=1S/C19H11F3/c20-17-8-7-16(18(21)19(17)22)12-5-6-15-13(10-12)9-11-3-1-2-4-14(11)15/h1-8,10H,9H2. The lowest BCUT2D eigenvalue weighted by Crippen LogP contribution is -1.94. The summed E-state index contributed by atoms with van der Waals surface area (Å²) in [6, 6.07) is 15.8.